The van der Waals surface area contributed by atoms with Gasteiger partial charge in [0.25, 0.3) is 11.5 Å². The van der Waals surface area contributed by atoms with Crippen LogP contribution < -0.4 is 10.9 Å². The van der Waals surface area contributed by atoms with Crippen LogP contribution in [0.15, 0.2) is 83.9 Å². The van der Waals surface area contributed by atoms with Gasteiger partial charge in [-0.2, -0.15) is 0 Å². The Morgan fingerprint density at radius 3 is 2.32 bits per heavy atom. The molecule has 2 amide bonds. The van der Waals surface area contributed by atoms with Crippen molar-refractivity contribution in [2.24, 2.45) is 0 Å². The Labute approximate surface area is 236 Å². The molecule has 7 nitrogen and oxygen atoms in total. The number of halogens is 2. The number of anilines is 1. The second-order valence-corrected chi connectivity index (χ2v) is 10.4. The van der Waals surface area contributed by atoms with E-state index in [0.717, 1.165) is 29.5 Å². The van der Waals surface area contributed by atoms with Gasteiger partial charge in [0.1, 0.15) is 11.6 Å². The van der Waals surface area contributed by atoms with Crippen molar-refractivity contribution >= 4 is 17.5 Å². The van der Waals surface area contributed by atoms with Crippen LogP contribution >= 0.6 is 0 Å². The summed E-state index contributed by atoms with van der Waals surface area (Å²) < 4.78 is 28.2. The molecule has 0 saturated carbocycles. The van der Waals surface area contributed by atoms with Crippen molar-refractivity contribution in [3.8, 4) is 0 Å². The molecule has 1 fully saturated rings. The molecule has 41 heavy (non-hydrogen) atoms. The maximum Gasteiger partial charge on any atom is 0.282 e. The molecule has 1 saturated heterocycles. The van der Waals surface area contributed by atoms with Crippen molar-refractivity contribution in [2.75, 3.05) is 18.4 Å². The van der Waals surface area contributed by atoms with Gasteiger partial charge in [0.15, 0.2) is 5.69 Å². The van der Waals surface area contributed by atoms with Gasteiger partial charge in [0.2, 0.25) is 5.91 Å². The number of rotatable bonds is 7. The van der Waals surface area contributed by atoms with Crippen molar-refractivity contribution in [1.82, 2.24) is 14.5 Å². The fourth-order valence-electron chi connectivity index (χ4n) is 5.21. The molecule has 1 aliphatic rings. The Kier molecular flexibility index (Phi) is 8.33. The van der Waals surface area contributed by atoms with Crippen molar-refractivity contribution in [1.29, 1.82) is 0 Å². The van der Waals surface area contributed by atoms with E-state index in [1.165, 1.54) is 41.2 Å². The molecule has 5 rings (SSSR count). The van der Waals surface area contributed by atoms with Gasteiger partial charge in [0, 0.05) is 31.2 Å². The number of amides is 2. The van der Waals surface area contributed by atoms with E-state index in [0.29, 0.717) is 24.3 Å². The quantitative estimate of drug-likeness (QED) is 0.344. The van der Waals surface area contributed by atoms with E-state index in [9.17, 15) is 23.2 Å². The number of hydrogen-bond acceptors (Lipinski definition) is 4. The number of benzene rings is 3. The summed E-state index contributed by atoms with van der Waals surface area (Å²) in [6.45, 7) is 2.98. The van der Waals surface area contributed by atoms with Gasteiger partial charge in [-0.25, -0.2) is 13.8 Å². The fraction of sp³-hybridized carbons (Fsp3) is 0.250. The lowest BCUT2D eigenvalue weighted by Gasteiger charge is -2.32. The van der Waals surface area contributed by atoms with Crippen LogP contribution in [0.1, 0.15) is 51.5 Å². The van der Waals surface area contributed by atoms with E-state index >= 15 is 0 Å². The SMILES string of the molecule is Cc1cc(F)cc(CC(=O)Nc2ccc(C3CCN(C(=O)c4nccn(Cc5ccc(F)cc5)c4=O)CC3)cc2)c1. The van der Waals surface area contributed by atoms with E-state index < -0.39 is 11.5 Å². The number of piperidine rings is 1. The topological polar surface area (TPSA) is 84.3 Å². The normalized spacial score (nSPS) is 13.7. The van der Waals surface area contributed by atoms with E-state index in [4.69, 9.17) is 0 Å². The molecule has 1 aliphatic heterocycles. The lowest BCUT2D eigenvalue weighted by atomic mass is 9.89. The van der Waals surface area contributed by atoms with E-state index in [-0.39, 0.29) is 42.1 Å². The molecule has 1 N–H and O–H groups in total. The zero-order valence-electron chi connectivity index (χ0n) is 22.6. The number of nitrogens with one attached hydrogen (secondary N) is 1. The molecule has 9 heteroatoms. The van der Waals surface area contributed by atoms with Crippen LogP contribution in [0.25, 0.3) is 0 Å². The first-order valence-electron chi connectivity index (χ1n) is 13.5. The number of aromatic nitrogens is 2. The molecule has 0 aliphatic carbocycles. The van der Waals surface area contributed by atoms with Crippen LogP contribution in [0.5, 0.6) is 0 Å². The summed E-state index contributed by atoms with van der Waals surface area (Å²) in [4.78, 5) is 44.3. The molecule has 1 aromatic heterocycles. The molecule has 4 aromatic rings. The maximum absolute atomic E-state index is 13.6. The van der Waals surface area contributed by atoms with Crippen molar-refractivity contribution in [3.05, 3.63) is 129 Å². The van der Waals surface area contributed by atoms with Crippen LogP contribution in [-0.4, -0.2) is 39.4 Å². The second-order valence-electron chi connectivity index (χ2n) is 10.4. The molecule has 0 unspecified atom stereocenters. The van der Waals surface area contributed by atoms with Gasteiger partial charge in [-0.05, 0) is 84.3 Å². The Balaban J connectivity index is 1.16. The highest BCUT2D eigenvalue weighted by Gasteiger charge is 2.27. The minimum atomic E-state index is -0.478. The van der Waals surface area contributed by atoms with Crippen molar-refractivity contribution in [3.63, 3.8) is 0 Å². The highest BCUT2D eigenvalue weighted by Crippen LogP contribution is 2.29. The summed E-state index contributed by atoms with van der Waals surface area (Å²) in [6, 6.07) is 18.1. The standard InChI is InChI=1S/C32H30F2N4O3/c1-21-16-23(18-27(34)17-21)19-29(39)36-28-8-4-24(5-9-28)25-10-13-37(14-11-25)31(40)30-32(41)38(15-12-35-30)20-22-2-6-26(33)7-3-22/h2-9,12,15-18,25H,10-11,13-14,19-20H2,1H3,(H,36,39). The third-order valence-electron chi connectivity index (χ3n) is 7.30. The zero-order valence-corrected chi connectivity index (χ0v) is 22.6. The van der Waals surface area contributed by atoms with Crippen LogP contribution in [0, 0.1) is 18.6 Å². The van der Waals surface area contributed by atoms with Crippen LogP contribution in [0.4, 0.5) is 14.5 Å². The minimum absolute atomic E-state index is 0.0838. The van der Waals surface area contributed by atoms with Gasteiger partial charge >= 0.3 is 0 Å². The summed E-state index contributed by atoms with van der Waals surface area (Å²) in [6.07, 6.45) is 4.49. The fourth-order valence-corrected chi connectivity index (χ4v) is 5.21. The van der Waals surface area contributed by atoms with Gasteiger partial charge in [-0.15, -0.1) is 0 Å². The van der Waals surface area contributed by atoms with Gasteiger partial charge in [-0.3, -0.25) is 14.4 Å². The first-order valence-corrected chi connectivity index (χ1v) is 13.5. The first-order chi connectivity index (χ1) is 19.7. The Morgan fingerprint density at radius 2 is 1.63 bits per heavy atom. The molecule has 0 spiro atoms. The third kappa shape index (κ3) is 6.92. The first kappa shape index (κ1) is 27.9. The van der Waals surface area contributed by atoms with Crippen molar-refractivity contribution < 1.29 is 18.4 Å². The van der Waals surface area contributed by atoms with Crippen LogP contribution in [-0.2, 0) is 17.8 Å². The molecule has 0 atom stereocenters. The van der Waals surface area contributed by atoms with E-state index in [1.54, 1.807) is 30.0 Å². The van der Waals surface area contributed by atoms with Gasteiger partial charge < -0.3 is 14.8 Å². The van der Waals surface area contributed by atoms with Gasteiger partial charge in [0.05, 0.1) is 13.0 Å². The lowest BCUT2D eigenvalue weighted by Crippen LogP contribution is -2.41. The highest BCUT2D eigenvalue weighted by molar-refractivity contribution is 5.92. The summed E-state index contributed by atoms with van der Waals surface area (Å²) in [5.41, 5.74) is 3.29. The smallest absolute Gasteiger partial charge is 0.282 e. The van der Waals surface area contributed by atoms with Crippen LogP contribution in [0.3, 0.4) is 0 Å². The molecule has 210 valence electrons. The molecule has 0 bridgehead atoms. The summed E-state index contributed by atoms with van der Waals surface area (Å²) in [7, 11) is 0. The maximum atomic E-state index is 13.6. The summed E-state index contributed by atoms with van der Waals surface area (Å²) in [5.74, 6) is -1.10. The molecule has 3 aromatic carbocycles. The van der Waals surface area contributed by atoms with Crippen molar-refractivity contribution in [2.45, 2.75) is 38.6 Å². The van der Waals surface area contributed by atoms with E-state index in [2.05, 4.69) is 10.3 Å². The number of nitrogens with zero attached hydrogens (tertiary/aromatic N) is 3. The summed E-state index contributed by atoms with van der Waals surface area (Å²) in [5, 5.41) is 2.86. The van der Waals surface area contributed by atoms with E-state index in [1.807, 2.05) is 24.3 Å². The Hall–Kier alpha value is -4.66. The monoisotopic (exact) mass is 556 g/mol. The molecular weight excluding hydrogens is 526 g/mol. The molecule has 0 radical (unpaired) electrons. The summed E-state index contributed by atoms with van der Waals surface area (Å²) >= 11 is 0. The average molecular weight is 557 g/mol. The number of carbonyl (C=O) groups excluding carboxylic acids is 2. The largest absolute Gasteiger partial charge is 0.337 e. The predicted octanol–water partition coefficient (Wildman–Crippen LogP) is 5.08. The second kappa shape index (κ2) is 12.2. The minimum Gasteiger partial charge on any atom is -0.337 e. The average Bonchev–Trinajstić information content (AvgIpc) is 2.95. The molecule has 2 heterocycles. The predicted molar refractivity (Wildman–Crippen MR) is 152 cm³/mol. The highest BCUT2D eigenvalue weighted by atomic mass is 19.1. The lowest BCUT2D eigenvalue weighted by molar-refractivity contribution is -0.115. The zero-order chi connectivity index (χ0) is 28.9. The van der Waals surface area contributed by atoms with Gasteiger partial charge in [-0.1, -0.05) is 30.3 Å². The molecular formula is C32H30F2N4O3. The Bertz CT molecular complexity index is 1590. The van der Waals surface area contributed by atoms with Crippen LogP contribution in [0.2, 0.25) is 0 Å². The number of hydrogen-bond donors (Lipinski definition) is 1. The third-order valence-corrected chi connectivity index (χ3v) is 7.30. The Morgan fingerprint density at radius 1 is 0.927 bits per heavy atom. The number of carbonyl (C=O) groups is 2. The number of aryl methyl sites for hydroxylation is 1. The number of likely N-dealkylation sites (tertiary alicyclic amines) is 1.